The first-order valence-corrected chi connectivity index (χ1v) is 7.56. The van der Waals surface area contributed by atoms with Gasteiger partial charge < -0.3 is 9.67 Å². The number of nitrogens with zero attached hydrogens (tertiary/aromatic N) is 2. The molecule has 1 N–H and O–H groups in total. The summed E-state index contributed by atoms with van der Waals surface area (Å²) in [6, 6.07) is 16.5. The molecular weight excluding hydrogens is 308 g/mol. The highest BCUT2D eigenvalue weighted by Gasteiger charge is 2.12. The molecule has 122 valence electrons. The van der Waals surface area contributed by atoms with Gasteiger partial charge in [0.05, 0.1) is 12.0 Å². The zero-order valence-corrected chi connectivity index (χ0v) is 12.9. The summed E-state index contributed by atoms with van der Waals surface area (Å²) >= 11 is 0. The van der Waals surface area contributed by atoms with E-state index in [-0.39, 0.29) is 17.0 Å². The third kappa shape index (κ3) is 3.27. The number of aromatic carboxylic acids is 1. The largest absolute Gasteiger partial charge is 0.478 e. The monoisotopic (exact) mass is 324 g/mol. The Hall–Kier alpha value is -3.15. The number of hydrogen-bond donors (Lipinski definition) is 1. The quantitative estimate of drug-likeness (QED) is 0.557. The van der Waals surface area contributed by atoms with Gasteiger partial charge in [-0.05, 0) is 35.2 Å². The number of aromatic nitrogens is 1. The molecule has 1 aromatic heterocycles. The first-order chi connectivity index (χ1) is 11.5. The smallest absolute Gasteiger partial charge is 0.335 e. The van der Waals surface area contributed by atoms with Crippen LogP contribution in [0.2, 0.25) is 0 Å². The van der Waals surface area contributed by atoms with Crippen LogP contribution in [0.25, 0.3) is 10.9 Å². The van der Waals surface area contributed by atoms with Gasteiger partial charge in [-0.25, -0.2) is 4.79 Å². The SMILES string of the molecule is O=C(O)c1ccc(Cn2c(CC[N+](=O)[O-])cc3ccccc32)cc1. The summed E-state index contributed by atoms with van der Waals surface area (Å²) in [4.78, 5) is 21.3. The van der Waals surface area contributed by atoms with Crippen LogP contribution in [0.5, 0.6) is 0 Å². The van der Waals surface area contributed by atoms with E-state index >= 15 is 0 Å². The summed E-state index contributed by atoms with van der Waals surface area (Å²) in [7, 11) is 0. The van der Waals surface area contributed by atoms with Crippen molar-refractivity contribution < 1.29 is 14.8 Å². The first kappa shape index (κ1) is 15.7. The summed E-state index contributed by atoms with van der Waals surface area (Å²) in [5.41, 5.74) is 3.10. The van der Waals surface area contributed by atoms with Gasteiger partial charge in [0.25, 0.3) is 0 Å². The van der Waals surface area contributed by atoms with Crippen molar-refractivity contribution in [1.82, 2.24) is 4.57 Å². The summed E-state index contributed by atoms with van der Waals surface area (Å²) in [6.45, 7) is 0.425. The van der Waals surface area contributed by atoms with E-state index in [1.165, 1.54) is 0 Å². The van der Waals surface area contributed by atoms with E-state index < -0.39 is 5.97 Å². The Morgan fingerprint density at radius 3 is 2.50 bits per heavy atom. The van der Waals surface area contributed by atoms with Crippen molar-refractivity contribution in [2.24, 2.45) is 0 Å². The number of benzene rings is 2. The Morgan fingerprint density at radius 2 is 1.83 bits per heavy atom. The molecule has 0 fully saturated rings. The van der Waals surface area contributed by atoms with Crippen molar-refractivity contribution >= 4 is 16.9 Å². The number of rotatable bonds is 6. The van der Waals surface area contributed by atoms with Gasteiger partial charge in [-0.15, -0.1) is 0 Å². The Bertz CT molecular complexity index is 897. The van der Waals surface area contributed by atoms with Gasteiger partial charge in [-0.2, -0.15) is 0 Å². The fourth-order valence-corrected chi connectivity index (χ4v) is 2.80. The van der Waals surface area contributed by atoms with Crippen LogP contribution in [0.3, 0.4) is 0 Å². The van der Waals surface area contributed by atoms with Crippen LogP contribution in [0, 0.1) is 10.1 Å². The lowest BCUT2D eigenvalue weighted by Gasteiger charge is -2.10. The van der Waals surface area contributed by atoms with Crippen LogP contribution >= 0.6 is 0 Å². The van der Waals surface area contributed by atoms with Crippen LogP contribution in [-0.4, -0.2) is 27.1 Å². The van der Waals surface area contributed by atoms with Crippen LogP contribution in [-0.2, 0) is 13.0 Å². The third-order valence-electron chi connectivity index (χ3n) is 3.99. The van der Waals surface area contributed by atoms with E-state index in [1.807, 2.05) is 30.3 Å². The molecule has 0 aliphatic rings. The van der Waals surface area contributed by atoms with Gasteiger partial charge in [0.15, 0.2) is 0 Å². The second kappa shape index (κ2) is 6.54. The normalized spacial score (nSPS) is 10.8. The summed E-state index contributed by atoms with van der Waals surface area (Å²) in [5.74, 6) is -0.959. The summed E-state index contributed by atoms with van der Waals surface area (Å²) in [5, 5.41) is 20.7. The van der Waals surface area contributed by atoms with Crippen molar-refractivity contribution in [2.75, 3.05) is 6.54 Å². The minimum absolute atomic E-state index is 0.117. The van der Waals surface area contributed by atoms with E-state index in [4.69, 9.17) is 5.11 Å². The van der Waals surface area contributed by atoms with Crippen molar-refractivity contribution in [3.63, 3.8) is 0 Å². The maximum Gasteiger partial charge on any atom is 0.335 e. The lowest BCUT2D eigenvalue weighted by atomic mass is 10.1. The molecule has 1 heterocycles. The number of fused-ring (bicyclic) bond motifs is 1. The molecular formula is C18H16N2O4. The fourth-order valence-electron chi connectivity index (χ4n) is 2.80. The number of para-hydroxylation sites is 1. The molecule has 0 unspecified atom stereocenters. The van der Waals surface area contributed by atoms with Crippen LogP contribution in [0.4, 0.5) is 0 Å². The van der Waals surface area contributed by atoms with E-state index in [2.05, 4.69) is 4.57 Å². The van der Waals surface area contributed by atoms with Gasteiger partial charge in [0.2, 0.25) is 6.54 Å². The molecule has 6 nitrogen and oxygen atoms in total. The van der Waals surface area contributed by atoms with Gasteiger partial charge in [0, 0.05) is 22.7 Å². The maximum atomic E-state index is 10.9. The van der Waals surface area contributed by atoms with Gasteiger partial charge in [-0.1, -0.05) is 30.3 Å². The molecule has 0 radical (unpaired) electrons. The second-order valence-electron chi connectivity index (χ2n) is 5.59. The summed E-state index contributed by atoms with van der Waals surface area (Å²) in [6.07, 6.45) is 0.356. The molecule has 3 aromatic rings. The van der Waals surface area contributed by atoms with Crippen LogP contribution in [0.15, 0.2) is 54.6 Å². The fraction of sp³-hybridized carbons (Fsp3) is 0.167. The molecule has 6 heteroatoms. The zero-order valence-electron chi connectivity index (χ0n) is 12.9. The number of nitro groups is 1. The predicted molar refractivity (Wildman–Crippen MR) is 90.0 cm³/mol. The van der Waals surface area contributed by atoms with Gasteiger partial charge in [-0.3, -0.25) is 10.1 Å². The van der Waals surface area contributed by atoms with E-state index in [9.17, 15) is 14.9 Å². The number of carboxylic acids is 1. The second-order valence-corrected chi connectivity index (χ2v) is 5.59. The van der Waals surface area contributed by atoms with Crippen molar-refractivity contribution in [3.05, 3.63) is 81.5 Å². The molecule has 0 atom stereocenters. The molecule has 0 saturated carbocycles. The van der Waals surface area contributed by atoms with Crippen LogP contribution in [0.1, 0.15) is 21.6 Å². The molecule has 0 bridgehead atoms. The molecule has 0 amide bonds. The predicted octanol–water partition coefficient (Wildman–Crippen LogP) is 3.21. The molecule has 24 heavy (non-hydrogen) atoms. The molecule has 3 rings (SSSR count). The number of carbonyl (C=O) groups is 1. The lowest BCUT2D eigenvalue weighted by molar-refractivity contribution is -0.479. The third-order valence-corrected chi connectivity index (χ3v) is 3.99. The molecule has 0 aliphatic carbocycles. The standard InChI is InChI=1S/C18H16N2O4/c21-18(22)14-7-5-13(6-8-14)12-19-16(9-10-20(23)24)11-15-3-1-2-4-17(15)19/h1-8,11H,9-10,12H2,(H,21,22). The average molecular weight is 324 g/mol. The summed E-state index contributed by atoms with van der Waals surface area (Å²) < 4.78 is 2.05. The molecule has 2 aromatic carbocycles. The van der Waals surface area contributed by atoms with Crippen molar-refractivity contribution in [1.29, 1.82) is 0 Å². The zero-order chi connectivity index (χ0) is 17.1. The first-order valence-electron chi connectivity index (χ1n) is 7.56. The highest BCUT2D eigenvalue weighted by Crippen LogP contribution is 2.22. The van der Waals surface area contributed by atoms with E-state index in [0.29, 0.717) is 13.0 Å². The Balaban J connectivity index is 1.95. The highest BCUT2D eigenvalue weighted by atomic mass is 16.6. The number of carboxylic acid groups (broad SMARTS) is 1. The Morgan fingerprint density at radius 1 is 1.12 bits per heavy atom. The van der Waals surface area contributed by atoms with E-state index in [0.717, 1.165) is 22.2 Å². The molecule has 0 spiro atoms. The molecule has 0 aliphatic heterocycles. The highest BCUT2D eigenvalue weighted by molar-refractivity contribution is 5.87. The minimum atomic E-state index is -0.959. The maximum absolute atomic E-state index is 10.9. The van der Waals surface area contributed by atoms with Gasteiger partial charge in [0.1, 0.15) is 0 Å². The average Bonchev–Trinajstić information content (AvgIpc) is 2.91. The van der Waals surface area contributed by atoms with E-state index in [1.54, 1.807) is 24.3 Å². The minimum Gasteiger partial charge on any atom is -0.478 e. The Kier molecular flexibility index (Phi) is 4.29. The lowest BCUT2D eigenvalue weighted by Crippen LogP contribution is -2.10. The van der Waals surface area contributed by atoms with Crippen molar-refractivity contribution in [3.8, 4) is 0 Å². The van der Waals surface area contributed by atoms with Crippen LogP contribution < -0.4 is 0 Å². The molecule has 0 saturated heterocycles. The Labute approximate surface area is 138 Å². The topological polar surface area (TPSA) is 85.4 Å². The van der Waals surface area contributed by atoms with Crippen molar-refractivity contribution in [2.45, 2.75) is 13.0 Å². The van der Waals surface area contributed by atoms with Gasteiger partial charge >= 0.3 is 5.97 Å². The number of hydrogen-bond acceptors (Lipinski definition) is 3.